The summed E-state index contributed by atoms with van der Waals surface area (Å²) in [4.78, 5) is 13.1. The zero-order valence-corrected chi connectivity index (χ0v) is 11.4. The number of benzene rings is 1. The average Bonchev–Trinajstić information content (AvgIpc) is 2.41. The first-order valence-corrected chi connectivity index (χ1v) is 6.89. The van der Waals surface area contributed by atoms with Crippen LogP contribution in [0.5, 0.6) is 0 Å². The van der Waals surface area contributed by atoms with E-state index in [4.69, 9.17) is 0 Å². The Hall–Kier alpha value is -1.42. The van der Waals surface area contributed by atoms with Crippen LogP contribution in [0.25, 0.3) is 0 Å². The molecule has 19 heavy (non-hydrogen) atoms. The molecule has 0 radical (unpaired) electrons. The Labute approximate surface area is 113 Å². The second-order valence-corrected chi connectivity index (χ2v) is 5.08. The fourth-order valence-electron chi connectivity index (χ4n) is 2.51. The van der Waals surface area contributed by atoms with Crippen LogP contribution in [-0.2, 0) is 11.2 Å². The summed E-state index contributed by atoms with van der Waals surface area (Å²) < 4.78 is 13.4. The predicted octanol–water partition coefficient (Wildman–Crippen LogP) is 1.97. The summed E-state index contributed by atoms with van der Waals surface area (Å²) in [6, 6.07) is 7.35. The molecular formula is C15H21FN2O. The minimum absolute atomic E-state index is 0.129. The van der Waals surface area contributed by atoms with Crippen molar-refractivity contribution in [3.05, 3.63) is 35.6 Å². The Balaban J connectivity index is 1.70. The fraction of sp³-hybridized carbons (Fsp3) is 0.533. The lowest BCUT2D eigenvalue weighted by atomic mass is 10.0. The van der Waals surface area contributed by atoms with E-state index in [2.05, 4.69) is 5.32 Å². The van der Waals surface area contributed by atoms with Crippen molar-refractivity contribution in [1.29, 1.82) is 0 Å². The van der Waals surface area contributed by atoms with Crippen LogP contribution in [0.1, 0.15) is 25.3 Å². The summed E-state index contributed by atoms with van der Waals surface area (Å²) in [7, 11) is 0. The van der Waals surface area contributed by atoms with E-state index in [0.29, 0.717) is 12.5 Å². The van der Waals surface area contributed by atoms with Crippen LogP contribution in [0, 0.1) is 5.82 Å². The first-order chi connectivity index (χ1) is 9.16. The summed E-state index contributed by atoms with van der Waals surface area (Å²) in [6.45, 7) is 4.05. The number of nitrogens with one attached hydrogen (secondary N) is 1. The minimum atomic E-state index is -0.129. The van der Waals surface area contributed by atoms with Crippen molar-refractivity contribution in [2.24, 2.45) is 0 Å². The summed E-state index contributed by atoms with van der Waals surface area (Å²) in [5.74, 6) is 0.0282. The van der Waals surface area contributed by atoms with Crippen LogP contribution >= 0.6 is 0 Å². The van der Waals surface area contributed by atoms with Crippen LogP contribution in [0.2, 0.25) is 0 Å². The van der Waals surface area contributed by atoms with Crippen LogP contribution < -0.4 is 5.32 Å². The van der Waals surface area contributed by atoms with Crippen LogP contribution in [0.15, 0.2) is 24.3 Å². The van der Waals surface area contributed by atoms with Crippen LogP contribution in [0.4, 0.5) is 4.39 Å². The van der Waals surface area contributed by atoms with Crippen molar-refractivity contribution in [3.8, 4) is 0 Å². The van der Waals surface area contributed by atoms with Gasteiger partial charge in [0.15, 0.2) is 0 Å². The molecule has 1 aliphatic heterocycles. The molecule has 104 valence electrons. The Bertz CT molecular complexity index is 428. The fourth-order valence-corrected chi connectivity index (χ4v) is 2.51. The van der Waals surface area contributed by atoms with Crippen molar-refractivity contribution in [3.63, 3.8) is 0 Å². The third-order valence-electron chi connectivity index (χ3n) is 3.73. The Morgan fingerprint density at radius 2 is 2.05 bits per heavy atom. The molecule has 1 heterocycles. The van der Waals surface area contributed by atoms with Gasteiger partial charge < -0.3 is 10.2 Å². The van der Waals surface area contributed by atoms with Gasteiger partial charge in [-0.3, -0.25) is 4.79 Å². The van der Waals surface area contributed by atoms with E-state index >= 15 is 0 Å². The molecule has 1 aromatic rings. The number of carbonyl (C=O) groups excluding carboxylic acids is 1. The largest absolute Gasteiger partial charge is 0.343 e. The maximum Gasteiger partial charge on any atom is 0.219 e. The first kappa shape index (κ1) is 14.0. The SMILES string of the molecule is CC(=O)N1CCC(NCCc2ccccc2F)CC1. The summed E-state index contributed by atoms with van der Waals surface area (Å²) in [6.07, 6.45) is 2.67. The lowest BCUT2D eigenvalue weighted by Crippen LogP contribution is -2.44. The summed E-state index contributed by atoms with van der Waals surface area (Å²) in [5, 5.41) is 3.45. The van der Waals surface area contributed by atoms with Gasteiger partial charge >= 0.3 is 0 Å². The lowest BCUT2D eigenvalue weighted by Gasteiger charge is -2.31. The van der Waals surface area contributed by atoms with Gasteiger partial charge in [0.25, 0.3) is 0 Å². The number of hydrogen-bond acceptors (Lipinski definition) is 2. The normalized spacial score (nSPS) is 16.6. The second kappa shape index (κ2) is 6.66. The molecule has 0 unspecified atom stereocenters. The van der Waals surface area contributed by atoms with Gasteiger partial charge in [-0.2, -0.15) is 0 Å². The number of nitrogens with zero attached hydrogens (tertiary/aromatic N) is 1. The van der Waals surface area contributed by atoms with Gasteiger partial charge in [-0.15, -0.1) is 0 Å². The number of carbonyl (C=O) groups is 1. The molecule has 1 aromatic carbocycles. The third kappa shape index (κ3) is 4.03. The van der Waals surface area contributed by atoms with Crippen LogP contribution in [-0.4, -0.2) is 36.5 Å². The highest BCUT2D eigenvalue weighted by atomic mass is 19.1. The highest BCUT2D eigenvalue weighted by Gasteiger charge is 2.19. The topological polar surface area (TPSA) is 32.3 Å². The smallest absolute Gasteiger partial charge is 0.219 e. The molecule has 0 aliphatic carbocycles. The second-order valence-electron chi connectivity index (χ2n) is 5.08. The van der Waals surface area contributed by atoms with Crippen molar-refractivity contribution >= 4 is 5.91 Å². The zero-order chi connectivity index (χ0) is 13.7. The number of hydrogen-bond donors (Lipinski definition) is 1. The lowest BCUT2D eigenvalue weighted by molar-refractivity contribution is -0.129. The number of amides is 1. The van der Waals surface area contributed by atoms with Gasteiger partial charge in [-0.25, -0.2) is 4.39 Å². The molecule has 0 bridgehead atoms. The first-order valence-electron chi connectivity index (χ1n) is 6.89. The standard InChI is InChI=1S/C15H21FN2O/c1-12(19)18-10-7-14(8-11-18)17-9-6-13-4-2-3-5-15(13)16/h2-5,14,17H,6-11H2,1H3. The molecular weight excluding hydrogens is 243 g/mol. The Kier molecular flexibility index (Phi) is 4.91. The van der Waals surface area contributed by atoms with Gasteiger partial charge in [0.1, 0.15) is 5.82 Å². The highest BCUT2D eigenvalue weighted by Crippen LogP contribution is 2.11. The molecule has 1 saturated heterocycles. The molecule has 4 heteroatoms. The number of piperidine rings is 1. The molecule has 0 atom stereocenters. The maximum absolute atomic E-state index is 13.4. The van der Waals surface area contributed by atoms with Gasteiger partial charge in [-0.1, -0.05) is 18.2 Å². The van der Waals surface area contributed by atoms with Gasteiger partial charge in [0, 0.05) is 26.1 Å². The Morgan fingerprint density at radius 1 is 1.37 bits per heavy atom. The monoisotopic (exact) mass is 264 g/mol. The molecule has 1 fully saturated rings. The Morgan fingerprint density at radius 3 is 2.68 bits per heavy atom. The summed E-state index contributed by atoms with van der Waals surface area (Å²) in [5.41, 5.74) is 0.760. The molecule has 2 rings (SSSR count). The van der Waals surface area contributed by atoms with Crippen molar-refractivity contribution in [1.82, 2.24) is 10.2 Å². The zero-order valence-electron chi connectivity index (χ0n) is 11.4. The van der Waals surface area contributed by atoms with Crippen molar-refractivity contribution in [2.45, 2.75) is 32.2 Å². The molecule has 0 aromatic heterocycles. The highest BCUT2D eigenvalue weighted by molar-refractivity contribution is 5.73. The predicted molar refractivity (Wildman–Crippen MR) is 73.4 cm³/mol. The molecule has 0 spiro atoms. The van der Waals surface area contributed by atoms with E-state index in [1.807, 2.05) is 17.0 Å². The van der Waals surface area contributed by atoms with Gasteiger partial charge in [0.05, 0.1) is 0 Å². The number of halogens is 1. The van der Waals surface area contributed by atoms with Crippen molar-refractivity contribution in [2.75, 3.05) is 19.6 Å². The van der Waals surface area contributed by atoms with E-state index < -0.39 is 0 Å². The van der Waals surface area contributed by atoms with Gasteiger partial charge in [0.2, 0.25) is 5.91 Å². The molecule has 1 amide bonds. The van der Waals surface area contributed by atoms with Gasteiger partial charge in [-0.05, 0) is 37.4 Å². The van der Waals surface area contributed by atoms with Crippen molar-refractivity contribution < 1.29 is 9.18 Å². The minimum Gasteiger partial charge on any atom is -0.343 e. The van der Waals surface area contributed by atoms with E-state index in [-0.39, 0.29) is 11.7 Å². The maximum atomic E-state index is 13.4. The van der Waals surface area contributed by atoms with Crippen LogP contribution in [0.3, 0.4) is 0 Å². The number of rotatable bonds is 4. The number of likely N-dealkylation sites (tertiary alicyclic amines) is 1. The summed E-state index contributed by atoms with van der Waals surface area (Å²) >= 11 is 0. The molecule has 1 N–H and O–H groups in total. The van der Waals surface area contributed by atoms with E-state index in [1.165, 1.54) is 6.07 Å². The van der Waals surface area contributed by atoms with E-state index in [9.17, 15) is 9.18 Å². The molecule has 1 aliphatic rings. The average molecular weight is 264 g/mol. The third-order valence-corrected chi connectivity index (χ3v) is 3.73. The van der Waals surface area contributed by atoms with E-state index in [1.54, 1.807) is 13.0 Å². The molecule has 0 saturated carbocycles. The van der Waals surface area contributed by atoms with E-state index in [0.717, 1.165) is 38.0 Å². The molecule has 3 nitrogen and oxygen atoms in total. The quantitative estimate of drug-likeness (QED) is 0.901.